The maximum absolute atomic E-state index is 5.51. The number of nitrogens with zero attached hydrogens (tertiary/aromatic N) is 4. The summed E-state index contributed by atoms with van der Waals surface area (Å²) in [6.45, 7) is 9.06. The number of aromatic nitrogens is 2. The van der Waals surface area contributed by atoms with Crippen LogP contribution in [0.5, 0.6) is 0 Å². The lowest BCUT2D eigenvalue weighted by Gasteiger charge is -2.35. The minimum Gasteiger partial charge on any atom is -0.379 e. The molecule has 1 fully saturated rings. The lowest BCUT2D eigenvalue weighted by molar-refractivity contribution is 0.0234. The van der Waals surface area contributed by atoms with E-state index in [-0.39, 0.29) is 0 Å². The van der Waals surface area contributed by atoms with Gasteiger partial charge in [0.1, 0.15) is 0 Å². The lowest BCUT2D eigenvalue weighted by atomic mass is 10.1. The molecular formula is C25H32N4O2. The van der Waals surface area contributed by atoms with E-state index in [2.05, 4.69) is 57.2 Å². The third-order valence-corrected chi connectivity index (χ3v) is 5.81. The number of ether oxygens (including phenoxy) is 1. The summed E-state index contributed by atoms with van der Waals surface area (Å²) in [5.74, 6) is 1.37. The Kier molecular flexibility index (Phi) is 7.82. The van der Waals surface area contributed by atoms with Gasteiger partial charge in [0.25, 0.3) is 0 Å². The van der Waals surface area contributed by atoms with Crippen LogP contribution in [0.25, 0.3) is 11.4 Å². The second-order valence-electron chi connectivity index (χ2n) is 8.20. The zero-order valence-electron chi connectivity index (χ0n) is 18.3. The highest BCUT2D eigenvalue weighted by atomic mass is 16.5. The highest BCUT2D eigenvalue weighted by Crippen LogP contribution is 2.16. The van der Waals surface area contributed by atoms with Gasteiger partial charge in [0, 0.05) is 44.2 Å². The minimum atomic E-state index is 0.459. The Balaban J connectivity index is 1.34. The van der Waals surface area contributed by atoms with Crippen LogP contribution < -0.4 is 0 Å². The van der Waals surface area contributed by atoms with Crippen molar-refractivity contribution in [1.82, 2.24) is 19.9 Å². The van der Waals surface area contributed by atoms with E-state index in [1.54, 1.807) is 0 Å². The molecule has 0 spiro atoms. The van der Waals surface area contributed by atoms with Crippen molar-refractivity contribution in [3.05, 3.63) is 72.1 Å². The van der Waals surface area contributed by atoms with E-state index < -0.39 is 0 Å². The molecule has 4 rings (SSSR count). The predicted molar refractivity (Wildman–Crippen MR) is 122 cm³/mol. The van der Waals surface area contributed by atoms with Crippen LogP contribution in [-0.2, 0) is 17.7 Å². The molecule has 0 bridgehead atoms. The molecule has 1 saturated heterocycles. The molecule has 2 heterocycles. The number of hydrogen-bond donors (Lipinski definition) is 0. The van der Waals surface area contributed by atoms with Gasteiger partial charge < -0.3 is 9.26 Å². The van der Waals surface area contributed by atoms with Crippen molar-refractivity contribution in [2.24, 2.45) is 0 Å². The molecule has 31 heavy (non-hydrogen) atoms. The Labute approximate surface area is 184 Å². The molecule has 0 radical (unpaired) electrons. The van der Waals surface area contributed by atoms with Gasteiger partial charge in [-0.25, -0.2) is 0 Å². The zero-order valence-corrected chi connectivity index (χ0v) is 18.3. The summed E-state index contributed by atoms with van der Waals surface area (Å²) in [4.78, 5) is 9.66. The summed E-state index contributed by atoms with van der Waals surface area (Å²) in [6.07, 6.45) is 1.77. The highest BCUT2D eigenvalue weighted by Gasteiger charge is 2.20. The van der Waals surface area contributed by atoms with E-state index in [4.69, 9.17) is 9.26 Å². The van der Waals surface area contributed by atoms with Gasteiger partial charge in [-0.15, -0.1) is 0 Å². The molecular weight excluding hydrogens is 388 g/mol. The van der Waals surface area contributed by atoms with Crippen molar-refractivity contribution in [2.75, 3.05) is 39.4 Å². The zero-order chi connectivity index (χ0) is 21.3. The van der Waals surface area contributed by atoms with Gasteiger partial charge >= 0.3 is 0 Å². The number of aryl methyl sites for hydroxylation is 1. The van der Waals surface area contributed by atoms with Crippen LogP contribution in [0.1, 0.15) is 24.8 Å². The number of benzene rings is 2. The van der Waals surface area contributed by atoms with Crippen molar-refractivity contribution in [1.29, 1.82) is 0 Å². The van der Waals surface area contributed by atoms with E-state index >= 15 is 0 Å². The van der Waals surface area contributed by atoms with Crippen LogP contribution in [0.4, 0.5) is 0 Å². The van der Waals surface area contributed by atoms with Crippen molar-refractivity contribution in [3.8, 4) is 11.4 Å². The van der Waals surface area contributed by atoms with Crippen LogP contribution in [0.15, 0.2) is 65.2 Å². The van der Waals surface area contributed by atoms with Crippen LogP contribution in [0.3, 0.4) is 0 Å². The first-order valence-corrected chi connectivity index (χ1v) is 11.2. The second-order valence-corrected chi connectivity index (χ2v) is 8.20. The summed E-state index contributed by atoms with van der Waals surface area (Å²) in [6, 6.07) is 21.2. The Hall–Kier alpha value is -2.54. The third-order valence-electron chi connectivity index (χ3n) is 5.81. The second kappa shape index (κ2) is 11.2. The first kappa shape index (κ1) is 21.7. The lowest BCUT2D eigenvalue weighted by Crippen LogP contribution is -2.46. The van der Waals surface area contributed by atoms with Crippen molar-refractivity contribution in [2.45, 2.75) is 32.4 Å². The first-order chi connectivity index (χ1) is 15.3. The Bertz CT molecular complexity index is 894. The Morgan fingerprint density at radius 1 is 1.00 bits per heavy atom. The topological polar surface area (TPSA) is 54.6 Å². The van der Waals surface area contributed by atoms with E-state index in [0.717, 1.165) is 64.3 Å². The minimum absolute atomic E-state index is 0.459. The molecule has 1 aliphatic heterocycles. The van der Waals surface area contributed by atoms with Crippen LogP contribution in [-0.4, -0.2) is 65.4 Å². The first-order valence-electron chi connectivity index (χ1n) is 11.2. The molecule has 6 heteroatoms. The molecule has 1 aromatic heterocycles. The molecule has 2 aromatic carbocycles. The van der Waals surface area contributed by atoms with Gasteiger partial charge in [0.05, 0.1) is 13.2 Å². The predicted octanol–water partition coefficient (Wildman–Crippen LogP) is 3.89. The van der Waals surface area contributed by atoms with Gasteiger partial charge in [-0.2, -0.15) is 4.98 Å². The molecule has 1 unspecified atom stereocenters. The summed E-state index contributed by atoms with van der Waals surface area (Å²) in [5, 5.41) is 4.15. The van der Waals surface area contributed by atoms with Gasteiger partial charge in [0.15, 0.2) is 0 Å². The Morgan fingerprint density at radius 2 is 1.71 bits per heavy atom. The number of morpholine rings is 1. The number of rotatable bonds is 10. The molecule has 1 atom stereocenters. The van der Waals surface area contributed by atoms with Crippen molar-refractivity contribution >= 4 is 0 Å². The van der Waals surface area contributed by atoms with Gasteiger partial charge in [-0.1, -0.05) is 65.8 Å². The average Bonchev–Trinajstić information content (AvgIpc) is 3.29. The molecule has 0 N–H and O–H groups in total. The summed E-state index contributed by atoms with van der Waals surface area (Å²) < 4.78 is 11.0. The molecule has 3 aromatic rings. The summed E-state index contributed by atoms with van der Waals surface area (Å²) in [5.41, 5.74) is 2.34. The normalized spacial score (nSPS) is 15.9. The fourth-order valence-corrected chi connectivity index (χ4v) is 4.04. The van der Waals surface area contributed by atoms with E-state index in [1.807, 2.05) is 30.3 Å². The van der Waals surface area contributed by atoms with Gasteiger partial charge in [-0.3, -0.25) is 9.80 Å². The van der Waals surface area contributed by atoms with Crippen LogP contribution in [0.2, 0.25) is 0 Å². The Morgan fingerprint density at radius 3 is 2.45 bits per heavy atom. The third kappa shape index (κ3) is 6.47. The standard InChI is InChI=1S/C25H32N4O2/c1-21(19-28-15-17-30-18-16-28)29(20-22-9-4-2-5-10-22)14-8-13-24-26-25(27-31-24)23-11-6-3-7-12-23/h2-7,9-12,21H,8,13-20H2,1H3. The van der Waals surface area contributed by atoms with Crippen LogP contribution in [0, 0.1) is 0 Å². The van der Waals surface area contributed by atoms with E-state index in [1.165, 1.54) is 5.56 Å². The maximum atomic E-state index is 5.51. The average molecular weight is 421 g/mol. The van der Waals surface area contributed by atoms with E-state index in [9.17, 15) is 0 Å². The van der Waals surface area contributed by atoms with Gasteiger partial charge in [-0.05, 0) is 25.5 Å². The molecule has 0 aliphatic carbocycles. The molecule has 164 valence electrons. The van der Waals surface area contributed by atoms with Crippen LogP contribution >= 0.6 is 0 Å². The smallest absolute Gasteiger partial charge is 0.227 e. The molecule has 1 aliphatic rings. The van der Waals surface area contributed by atoms with Gasteiger partial charge in [0.2, 0.25) is 11.7 Å². The molecule has 0 amide bonds. The SMILES string of the molecule is CC(CN1CCOCC1)N(CCCc1nc(-c2ccccc2)no1)Cc1ccccc1. The number of hydrogen-bond acceptors (Lipinski definition) is 6. The monoisotopic (exact) mass is 420 g/mol. The van der Waals surface area contributed by atoms with Crippen molar-refractivity contribution in [3.63, 3.8) is 0 Å². The maximum Gasteiger partial charge on any atom is 0.227 e. The summed E-state index contributed by atoms with van der Waals surface area (Å²) in [7, 11) is 0. The highest BCUT2D eigenvalue weighted by molar-refractivity contribution is 5.53. The fourth-order valence-electron chi connectivity index (χ4n) is 4.04. The molecule has 0 saturated carbocycles. The van der Waals surface area contributed by atoms with Crippen molar-refractivity contribution < 1.29 is 9.26 Å². The molecule has 6 nitrogen and oxygen atoms in total. The largest absolute Gasteiger partial charge is 0.379 e. The van der Waals surface area contributed by atoms with E-state index in [0.29, 0.717) is 17.8 Å². The fraction of sp³-hybridized carbons (Fsp3) is 0.440. The quantitative estimate of drug-likeness (QED) is 0.496. The summed E-state index contributed by atoms with van der Waals surface area (Å²) >= 11 is 0.